The SMILES string of the molecule is CCCc1nc(-c2cncn2C(C)C)c(N)n1N. The first-order valence-electron chi connectivity index (χ1n) is 6.20. The van der Waals surface area contributed by atoms with Crippen LogP contribution in [0.15, 0.2) is 12.5 Å². The molecule has 0 spiro atoms. The van der Waals surface area contributed by atoms with Crippen molar-refractivity contribution in [3.63, 3.8) is 0 Å². The molecule has 0 saturated carbocycles. The number of nitrogens with two attached hydrogens (primary N) is 2. The van der Waals surface area contributed by atoms with Gasteiger partial charge in [-0.25, -0.2) is 14.6 Å². The molecule has 2 aromatic rings. The maximum atomic E-state index is 6.03. The van der Waals surface area contributed by atoms with Crippen LogP contribution in [-0.2, 0) is 6.42 Å². The van der Waals surface area contributed by atoms with Crippen molar-refractivity contribution in [3.05, 3.63) is 18.3 Å². The topological polar surface area (TPSA) is 87.7 Å². The molecule has 0 aliphatic carbocycles. The van der Waals surface area contributed by atoms with Crippen LogP contribution in [0, 0.1) is 0 Å². The Balaban J connectivity index is 2.50. The minimum Gasteiger partial charge on any atom is -0.382 e. The second kappa shape index (κ2) is 4.72. The molecule has 2 heterocycles. The molecule has 0 bridgehead atoms. The third kappa shape index (κ3) is 1.94. The molecule has 6 nitrogen and oxygen atoms in total. The van der Waals surface area contributed by atoms with Gasteiger partial charge in [0.2, 0.25) is 0 Å². The molecular weight excluding hydrogens is 228 g/mol. The molecule has 2 aromatic heterocycles. The molecule has 0 radical (unpaired) electrons. The van der Waals surface area contributed by atoms with E-state index >= 15 is 0 Å². The summed E-state index contributed by atoms with van der Waals surface area (Å²) in [5.74, 6) is 7.22. The number of nitrogens with zero attached hydrogens (tertiary/aromatic N) is 4. The third-order valence-corrected chi connectivity index (χ3v) is 2.96. The molecule has 2 rings (SSSR count). The molecule has 0 aliphatic heterocycles. The van der Waals surface area contributed by atoms with Crippen molar-refractivity contribution in [3.8, 4) is 11.4 Å². The van der Waals surface area contributed by atoms with E-state index < -0.39 is 0 Å². The van der Waals surface area contributed by atoms with Gasteiger partial charge in [-0.1, -0.05) is 6.92 Å². The van der Waals surface area contributed by atoms with Crippen LogP contribution < -0.4 is 11.6 Å². The summed E-state index contributed by atoms with van der Waals surface area (Å²) >= 11 is 0. The molecule has 0 unspecified atom stereocenters. The normalized spacial score (nSPS) is 11.3. The Hall–Kier alpha value is -1.98. The maximum absolute atomic E-state index is 6.03. The molecule has 0 saturated heterocycles. The second-order valence-electron chi connectivity index (χ2n) is 4.66. The van der Waals surface area contributed by atoms with Gasteiger partial charge < -0.3 is 16.1 Å². The van der Waals surface area contributed by atoms with Crippen LogP contribution in [0.1, 0.15) is 39.1 Å². The summed E-state index contributed by atoms with van der Waals surface area (Å²) in [7, 11) is 0. The molecule has 0 amide bonds. The summed E-state index contributed by atoms with van der Waals surface area (Å²) in [6, 6.07) is 0.305. The van der Waals surface area contributed by atoms with E-state index in [2.05, 4.69) is 30.7 Å². The Bertz CT molecular complexity index is 537. The first-order valence-corrected chi connectivity index (χ1v) is 6.20. The Morgan fingerprint density at radius 1 is 1.39 bits per heavy atom. The second-order valence-corrected chi connectivity index (χ2v) is 4.66. The fraction of sp³-hybridized carbons (Fsp3) is 0.500. The van der Waals surface area contributed by atoms with Crippen LogP contribution in [0.4, 0.5) is 5.82 Å². The molecule has 18 heavy (non-hydrogen) atoms. The van der Waals surface area contributed by atoms with Crippen molar-refractivity contribution in [2.75, 3.05) is 11.6 Å². The van der Waals surface area contributed by atoms with Gasteiger partial charge in [-0.15, -0.1) is 0 Å². The van der Waals surface area contributed by atoms with Crippen LogP contribution in [0.2, 0.25) is 0 Å². The summed E-state index contributed by atoms with van der Waals surface area (Å²) in [5.41, 5.74) is 7.65. The Morgan fingerprint density at radius 2 is 2.11 bits per heavy atom. The van der Waals surface area contributed by atoms with Gasteiger partial charge >= 0.3 is 0 Å². The summed E-state index contributed by atoms with van der Waals surface area (Å²) in [6.45, 7) is 6.27. The molecular formula is C12H20N6. The van der Waals surface area contributed by atoms with Crippen LogP contribution >= 0.6 is 0 Å². The lowest BCUT2D eigenvalue weighted by Gasteiger charge is -2.10. The number of nitrogen functional groups attached to an aromatic ring is 2. The monoisotopic (exact) mass is 248 g/mol. The van der Waals surface area contributed by atoms with Crippen molar-refractivity contribution in [1.82, 2.24) is 19.2 Å². The average Bonchev–Trinajstić information content (AvgIpc) is 2.90. The van der Waals surface area contributed by atoms with E-state index in [0.29, 0.717) is 17.6 Å². The highest BCUT2D eigenvalue weighted by molar-refractivity contribution is 5.68. The van der Waals surface area contributed by atoms with E-state index in [9.17, 15) is 0 Å². The molecule has 4 N–H and O–H groups in total. The third-order valence-electron chi connectivity index (χ3n) is 2.96. The van der Waals surface area contributed by atoms with Crippen LogP contribution in [0.25, 0.3) is 11.4 Å². The number of anilines is 1. The van der Waals surface area contributed by atoms with Gasteiger partial charge in [0.05, 0.1) is 18.2 Å². The number of imidazole rings is 2. The number of hydrogen-bond donors (Lipinski definition) is 2. The van der Waals surface area contributed by atoms with Gasteiger partial charge in [-0.2, -0.15) is 0 Å². The van der Waals surface area contributed by atoms with E-state index in [-0.39, 0.29) is 0 Å². The fourth-order valence-corrected chi connectivity index (χ4v) is 1.98. The maximum Gasteiger partial charge on any atom is 0.152 e. The zero-order valence-electron chi connectivity index (χ0n) is 11.1. The first-order chi connectivity index (χ1) is 8.56. The number of aryl methyl sites for hydroxylation is 1. The van der Waals surface area contributed by atoms with Gasteiger partial charge in [0.1, 0.15) is 11.5 Å². The molecule has 0 atom stereocenters. The van der Waals surface area contributed by atoms with Gasteiger partial charge in [-0.05, 0) is 20.3 Å². The van der Waals surface area contributed by atoms with Crippen LogP contribution in [0.3, 0.4) is 0 Å². The minimum absolute atomic E-state index is 0.305. The molecule has 98 valence electrons. The largest absolute Gasteiger partial charge is 0.382 e. The fourth-order valence-electron chi connectivity index (χ4n) is 1.98. The Kier molecular flexibility index (Phi) is 3.27. The van der Waals surface area contributed by atoms with Gasteiger partial charge in [0.25, 0.3) is 0 Å². The van der Waals surface area contributed by atoms with Gasteiger partial charge in [-0.3, -0.25) is 0 Å². The lowest BCUT2D eigenvalue weighted by Crippen LogP contribution is -2.15. The summed E-state index contributed by atoms with van der Waals surface area (Å²) in [5, 5.41) is 0. The highest BCUT2D eigenvalue weighted by Gasteiger charge is 2.18. The van der Waals surface area contributed by atoms with Crippen molar-refractivity contribution in [2.24, 2.45) is 0 Å². The average molecular weight is 248 g/mol. The predicted octanol–water partition coefficient (Wildman–Crippen LogP) is 1.58. The van der Waals surface area contributed by atoms with Gasteiger partial charge in [0.15, 0.2) is 5.82 Å². The van der Waals surface area contributed by atoms with Gasteiger partial charge in [0, 0.05) is 12.5 Å². The van der Waals surface area contributed by atoms with E-state index in [1.807, 2.05) is 4.57 Å². The minimum atomic E-state index is 0.305. The molecule has 0 fully saturated rings. The van der Waals surface area contributed by atoms with E-state index in [1.165, 1.54) is 4.68 Å². The van der Waals surface area contributed by atoms with Crippen molar-refractivity contribution in [1.29, 1.82) is 0 Å². The van der Waals surface area contributed by atoms with E-state index in [0.717, 1.165) is 24.4 Å². The summed E-state index contributed by atoms with van der Waals surface area (Å²) in [6.07, 6.45) is 5.36. The summed E-state index contributed by atoms with van der Waals surface area (Å²) < 4.78 is 3.50. The predicted molar refractivity (Wildman–Crippen MR) is 72.4 cm³/mol. The van der Waals surface area contributed by atoms with E-state index in [4.69, 9.17) is 11.6 Å². The van der Waals surface area contributed by atoms with Crippen LogP contribution in [0.5, 0.6) is 0 Å². The Labute approximate surface area is 107 Å². The van der Waals surface area contributed by atoms with Crippen molar-refractivity contribution < 1.29 is 0 Å². The number of rotatable bonds is 4. The zero-order chi connectivity index (χ0) is 13.3. The summed E-state index contributed by atoms with van der Waals surface area (Å²) in [4.78, 5) is 8.70. The van der Waals surface area contributed by atoms with Crippen molar-refractivity contribution >= 4 is 5.82 Å². The Morgan fingerprint density at radius 3 is 2.72 bits per heavy atom. The lowest BCUT2D eigenvalue weighted by atomic mass is 10.3. The lowest BCUT2D eigenvalue weighted by molar-refractivity contribution is 0.604. The van der Waals surface area contributed by atoms with Crippen LogP contribution in [-0.4, -0.2) is 19.2 Å². The molecule has 0 aliphatic rings. The molecule has 0 aromatic carbocycles. The first kappa shape index (κ1) is 12.5. The quantitative estimate of drug-likeness (QED) is 0.804. The highest BCUT2D eigenvalue weighted by atomic mass is 15.4. The van der Waals surface area contributed by atoms with Crippen molar-refractivity contribution in [2.45, 2.75) is 39.7 Å². The number of aromatic nitrogens is 4. The molecule has 6 heteroatoms. The number of hydrogen-bond acceptors (Lipinski definition) is 4. The smallest absolute Gasteiger partial charge is 0.152 e. The standard InChI is InChI=1S/C12H20N6/c1-4-5-10-16-11(12(13)18(10)14)9-6-15-7-17(9)8(2)3/h6-8H,4-5,13-14H2,1-3H3. The highest BCUT2D eigenvalue weighted by Crippen LogP contribution is 2.27. The zero-order valence-corrected chi connectivity index (χ0v) is 11.1. The van der Waals surface area contributed by atoms with E-state index in [1.54, 1.807) is 12.5 Å².